The highest BCUT2D eigenvalue weighted by Gasteiger charge is 2.04. The van der Waals surface area contributed by atoms with E-state index < -0.39 is 0 Å². The average molecular weight is 284 g/mol. The Hall–Kier alpha value is -1.80. The van der Waals surface area contributed by atoms with E-state index >= 15 is 0 Å². The van der Waals surface area contributed by atoms with Gasteiger partial charge < -0.3 is 10.2 Å². The van der Waals surface area contributed by atoms with Gasteiger partial charge in [0, 0.05) is 0 Å². The predicted octanol–water partition coefficient (Wildman–Crippen LogP) is 4.10. The molecule has 0 amide bonds. The largest absolute Gasteiger partial charge is 0.508 e. The molecular formula is C19H24O2. The molecule has 2 heteroatoms. The monoisotopic (exact) mass is 284 g/mol. The van der Waals surface area contributed by atoms with Crippen molar-refractivity contribution in [2.45, 2.75) is 44.6 Å². The second-order valence-corrected chi connectivity index (χ2v) is 5.59. The molecule has 0 spiro atoms. The highest BCUT2D eigenvalue weighted by molar-refractivity contribution is 5.25. The normalized spacial score (nSPS) is 12.2. The highest BCUT2D eigenvalue weighted by Crippen LogP contribution is 2.14. The predicted molar refractivity (Wildman–Crippen MR) is 86.4 cm³/mol. The fourth-order valence-electron chi connectivity index (χ4n) is 2.49. The van der Waals surface area contributed by atoms with E-state index in [4.69, 9.17) is 0 Å². The number of aryl methyl sites for hydroxylation is 2. The number of aromatic hydroxyl groups is 1. The molecule has 0 aliphatic carbocycles. The molecule has 0 aliphatic heterocycles. The van der Waals surface area contributed by atoms with Crippen LogP contribution in [0.3, 0.4) is 0 Å². The minimum absolute atomic E-state index is 0.204. The molecule has 2 N–H and O–H groups in total. The second-order valence-electron chi connectivity index (χ2n) is 5.59. The lowest BCUT2D eigenvalue weighted by Gasteiger charge is -2.10. The first kappa shape index (κ1) is 15.6. The molecule has 21 heavy (non-hydrogen) atoms. The van der Waals surface area contributed by atoms with Crippen LogP contribution in [0.15, 0.2) is 54.6 Å². The van der Waals surface area contributed by atoms with E-state index in [1.54, 1.807) is 12.1 Å². The third kappa shape index (κ3) is 6.01. The van der Waals surface area contributed by atoms with Gasteiger partial charge in [-0.15, -0.1) is 0 Å². The third-order valence-electron chi connectivity index (χ3n) is 3.80. The van der Waals surface area contributed by atoms with E-state index in [2.05, 4.69) is 12.1 Å². The topological polar surface area (TPSA) is 40.5 Å². The van der Waals surface area contributed by atoms with Crippen molar-refractivity contribution in [2.75, 3.05) is 0 Å². The van der Waals surface area contributed by atoms with Crippen LogP contribution in [0, 0.1) is 0 Å². The first-order valence-corrected chi connectivity index (χ1v) is 7.74. The molecule has 2 nitrogen and oxygen atoms in total. The summed E-state index contributed by atoms with van der Waals surface area (Å²) in [5, 5.41) is 19.2. The summed E-state index contributed by atoms with van der Waals surface area (Å²) < 4.78 is 0. The van der Waals surface area contributed by atoms with Gasteiger partial charge in [-0.3, -0.25) is 0 Å². The van der Waals surface area contributed by atoms with Gasteiger partial charge in [0.15, 0.2) is 0 Å². The number of unbranched alkanes of at least 4 members (excludes halogenated alkanes) is 1. The molecule has 0 radical (unpaired) electrons. The zero-order valence-corrected chi connectivity index (χ0v) is 12.4. The molecule has 0 saturated carbocycles. The fourth-order valence-corrected chi connectivity index (χ4v) is 2.49. The lowest BCUT2D eigenvalue weighted by Crippen LogP contribution is -2.08. The Kier molecular flexibility index (Phi) is 6.29. The minimum atomic E-state index is -0.204. The van der Waals surface area contributed by atoms with Crippen molar-refractivity contribution >= 4 is 0 Å². The molecule has 2 aromatic rings. The lowest BCUT2D eigenvalue weighted by molar-refractivity contribution is 0.151. The molecule has 0 fully saturated rings. The summed E-state index contributed by atoms with van der Waals surface area (Å²) in [6.07, 6.45) is 5.56. The first-order valence-electron chi connectivity index (χ1n) is 7.74. The van der Waals surface area contributed by atoms with Crippen LogP contribution in [0.4, 0.5) is 0 Å². The van der Waals surface area contributed by atoms with Crippen LogP contribution in [-0.2, 0) is 12.8 Å². The quantitative estimate of drug-likeness (QED) is 0.716. The number of aliphatic hydroxyl groups excluding tert-OH is 1. The van der Waals surface area contributed by atoms with Crippen molar-refractivity contribution < 1.29 is 10.2 Å². The van der Waals surface area contributed by atoms with Gasteiger partial charge in [-0.25, -0.2) is 0 Å². The molecule has 1 atom stereocenters. The fraction of sp³-hybridized carbons (Fsp3) is 0.368. The molecule has 0 aliphatic rings. The van der Waals surface area contributed by atoms with E-state index in [1.165, 1.54) is 11.1 Å². The molecule has 0 heterocycles. The van der Waals surface area contributed by atoms with Crippen LogP contribution >= 0.6 is 0 Å². The van der Waals surface area contributed by atoms with E-state index in [0.29, 0.717) is 5.75 Å². The Morgan fingerprint density at radius 1 is 0.714 bits per heavy atom. The van der Waals surface area contributed by atoms with Crippen molar-refractivity contribution in [1.82, 2.24) is 0 Å². The molecule has 0 bridgehead atoms. The second kappa shape index (κ2) is 8.48. The molecule has 1 unspecified atom stereocenters. The number of hydrogen-bond acceptors (Lipinski definition) is 2. The molecule has 112 valence electrons. The summed E-state index contributed by atoms with van der Waals surface area (Å²) in [7, 11) is 0. The van der Waals surface area contributed by atoms with Crippen LogP contribution in [0.25, 0.3) is 0 Å². The van der Waals surface area contributed by atoms with Crippen LogP contribution in [0.2, 0.25) is 0 Å². The summed E-state index contributed by atoms with van der Waals surface area (Å²) in [5.74, 6) is 0.315. The SMILES string of the molecule is Oc1ccc(CCCCC(O)CCc2ccccc2)cc1. The third-order valence-corrected chi connectivity index (χ3v) is 3.80. The number of phenolic OH excluding ortho intramolecular Hbond substituents is 1. The number of rotatable bonds is 8. The Morgan fingerprint density at radius 3 is 2.10 bits per heavy atom. The zero-order chi connectivity index (χ0) is 14.9. The van der Waals surface area contributed by atoms with Crippen LogP contribution < -0.4 is 0 Å². The average Bonchev–Trinajstić information content (AvgIpc) is 2.52. The van der Waals surface area contributed by atoms with E-state index in [1.807, 2.05) is 30.3 Å². The number of aliphatic hydroxyl groups is 1. The van der Waals surface area contributed by atoms with Crippen molar-refractivity contribution in [3.05, 3.63) is 65.7 Å². The number of hydrogen-bond donors (Lipinski definition) is 2. The van der Waals surface area contributed by atoms with Gasteiger partial charge in [0.05, 0.1) is 6.10 Å². The van der Waals surface area contributed by atoms with Crippen LogP contribution in [-0.4, -0.2) is 16.3 Å². The van der Waals surface area contributed by atoms with Gasteiger partial charge in [0.25, 0.3) is 0 Å². The summed E-state index contributed by atoms with van der Waals surface area (Å²) in [4.78, 5) is 0. The van der Waals surface area contributed by atoms with Gasteiger partial charge in [-0.05, 0) is 55.4 Å². The highest BCUT2D eigenvalue weighted by atomic mass is 16.3. The van der Waals surface area contributed by atoms with Crippen molar-refractivity contribution in [3.8, 4) is 5.75 Å². The van der Waals surface area contributed by atoms with Gasteiger partial charge in [-0.1, -0.05) is 48.9 Å². The smallest absolute Gasteiger partial charge is 0.115 e. The molecule has 2 aromatic carbocycles. The number of phenols is 1. The Balaban J connectivity index is 1.59. The Labute approximate surface area is 127 Å². The maximum atomic E-state index is 10.0. The molecule has 0 saturated heterocycles. The van der Waals surface area contributed by atoms with E-state index in [-0.39, 0.29) is 6.10 Å². The van der Waals surface area contributed by atoms with Gasteiger partial charge in [0.1, 0.15) is 5.75 Å². The van der Waals surface area contributed by atoms with E-state index in [0.717, 1.165) is 38.5 Å². The Bertz CT molecular complexity index is 505. The molecule has 0 aromatic heterocycles. The zero-order valence-electron chi connectivity index (χ0n) is 12.4. The van der Waals surface area contributed by atoms with Crippen LogP contribution in [0.5, 0.6) is 5.75 Å². The molecule has 2 rings (SSSR count). The van der Waals surface area contributed by atoms with E-state index in [9.17, 15) is 10.2 Å². The first-order chi connectivity index (χ1) is 10.2. The van der Waals surface area contributed by atoms with Crippen molar-refractivity contribution in [3.63, 3.8) is 0 Å². The van der Waals surface area contributed by atoms with Gasteiger partial charge >= 0.3 is 0 Å². The van der Waals surface area contributed by atoms with Crippen molar-refractivity contribution in [2.24, 2.45) is 0 Å². The standard InChI is InChI=1S/C19H24O2/c20-18(13-10-16-6-2-1-3-7-16)9-5-4-8-17-11-14-19(21)15-12-17/h1-3,6-7,11-12,14-15,18,20-21H,4-5,8-10,13H2. The van der Waals surface area contributed by atoms with Crippen LogP contribution in [0.1, 0.15) is 36.8 Å². The van der Waals surface area contributed by atoms with Crippen molar-refractivity contribution in [1.29, 1.82) is 0 Å². The van der Waals surface area contributed by atoms with Gasteiger partial charge in [0.2, 0.25) is 0 Å². The summed E-state index contributed by atoms with van der Waals surface area (Å²) >= 11 is 0. The maximum Gasteiger partial charge on any atom is 0.115 e. The summed E-state index contributed by atoms with van der Waals surface area (Å²) in [6.45, 7) is 0. The minimum Gasteiger partial charge on any atom is -0.508 e. The summed E-state index contributed by atoms with van der Waals surface area (Å²) in [5.41, 5.74) is 2.53. The number of benzene rings is 2. The maximum absolute atomic E-state index is 10.0. The Morgan fingerprint density at radius 2 is 1.38 bits per heavy atom. The van der Waals surface area contributed by atoms with Gasteiger partial charge in [-0.2, -0.15) is 0 Å². The summed E-state index contributed by atoms with van der Waals surface area (Å²) in [6, 6.07) is 17.7. The molecular weight excluding hydrogens is 260 g/mol. The lowest BCUT2D eigenvalue weighted by atomic mass is 10.0.